The number of anilines is 1. The topological polar surface area (TPSA) is 115 Å². The number of nitrogens with zero attached hydrogens (tertiary/aromatic N) is 2. The number of sulfonamides is 1. The Balaban J connectivity index is 2.40. The minimum absolute atomic E-state index is 0.0243. The lowest BCUT2D eigenvalue weighted by atomic mass is 10.1. The summed E-state index contributed by atoms with van der Waals surface area (Å²) in [5.74, 6) is -0.675. The third-order valence-corrected chi connectivity index (χ3v) is 4.18. The number of benzene rings is 1. The lowest BCUT2D eigenvalue weighted by Gasteiger charge is -2.09. The zero-order valence-electron chi connectivity index (χ0n) is 10.9. The summed E-state index contributed by atoms with van der Waals surface area (Å²) < 4.78 is 26.7. The van der Waals surface area contributed by atoms with E-state index in [0.717, 1.165) is 0 Å². The van der Waals surface area contributed by atoms with Crippen LogP contribution in [0.3, 0.4) is 0 Å². The van der Waals surface area contributed by atoms with Crippen LogP contribution in [0.15, 0.2) is 35.4 Å². The smallest absolute Gasteiger partial charge is 0.263 e. The average Bonchev–Trinajstić information content (AvgIpc) is 2.38. The second-order valence-corrected chi connectivity index (χ2v) is 6.18. The third kappa shape index (κ3) is 3.47. The zero-order valence-corrected chi connectivity index (χ0v) is 12.4. The molecule has 21 heavy (non-hydrogen) atoms. The Kier molecular flexibility index (Phi) is 4.10. The van der Waals surface area contributed by atoms with Crippen molar-refractivity contribution in [2.75, 3.05) is 4.72 Å². The van der Waals surface area contributed by atoms with Gasteiger partial charge in [-0.1, -0.05) is 6.07 Å². The molecule has 1 aromatic carbocycles. The first-order chi connectivity index (χ1) is 9.79. The van der Waals surface area contributed by atoms with Gasteiger partial charge in [0.15, 0.2) is 0 Å². The predicted octanol–water partition coefficient (Wildman–Crippen LogP) is 1.34. The molecule has 0 fully saturated rings. The van der Waals surface area contributed by atoms with Crippen LogP contribution in [0, 0.1) is 6.92 Å². The highest BCUT2D eigenvalue weighted by Gasteiger charge is 2.18. The maximum absolute atomic E-state index is 12.2. The van der Waals surface area contributed by atoms with E-state index in [1.54, 1.807) is 6.92 Å². The minimum atomic E-state index is -3.91. The fourth-order valence-corrected chi connectivity index (χ4v) is 2.80. The van der Waals surface area contributed by atoms with E-state index in [2.05, 4.69) is 14.7 Å². The SMILES string of the molecule is Cc1ccc(S(=O)(=O)Nc2ccnc(Cl)n2)cc1C(N)=O. The van der Waals surface area contributed by atoms with Gasteiger partial charge in [-0.2, -0.15) is 4.98 Å². The lowest BCUT2D eigenvalue weighted by molar-refractivity contribution is 0.0999. The number of nitrogens with two attached hydrogens (primary N) is 1. The lowest BCUT2D eigenvalue weighted by Crippen LogP contribution is -2.17. The summed E-state index contributed by atoms with van der Waals surface area (Å²) in [6, 6.07) is 5.43. The van der Waals surface area contributed by atoms with Crippen LogP contribution in [0.2, 0.25) is 5.28 Å². The van der Waals surface area contributed by atoms with Gasteiger partial charge in [-0.05, 0) is 42.3 Å². The molecule has 0 aliphatic rings. The fourth-order valence-electron chi connectivity index (χ4n) is 1.62. The third-order valence-electron chi connectivity index (χ3n) is 2.65. The highest BCUT2D eigenvalue weighted by atomic mass is 35.5. The number of hydrogen-bond acceptors (Lipinski definition) is 5. The Morgan fingerprint density at radius 2 is 2.05 bits per heavy atom. The molecule has 0 spiro atoms. The van der Waals surface area contributed by atoms with E-state index < -0.39 is 15.9 Å². The summed E-state index contributed by atoms with van der Waals surface area (Å²) in [6.45, 7) is 1.66. The monoisotopic (exact) mass is 326 g/mol. The first-order valence-electron chi connectivity index (χ1n) is 5.71. The van der Waals surface area contributed by atoms with Gasteiger partial charge in [0, 0.05) is 11.8 Å². The van der Waals surface area contributed by atoms with E-state index in [1.807, 2.05) is 0 Å². The second-order valence-electron chi connectivity index (χ2n) is 4.16. The van der Waals surface area contributed by atoms with Gasteiger partial charge in [-0.15, -0.1) is 0 Å². The zero-order chi connectivity index (χ0) is 15.6. The molecule has 9 heteroatoms. The molecule has 0 aliphatic heterocycles. The second kappa shape index (κ2) is 5.66. The summed E-state index contributed by atoms with van der Waals surface area (Å²) in [5, 5.41) is -0.0862. The van der Waals surface area contributed by atoms with Crippen LogP contribution < -0.4 is 10.5 Å². The molecule has 0 atom stereocenters. The van der Waals surface area contributed by atoms with Crippen molar-refractivity contribution in [3.63, 3.8) is 0 Å². The molecule has 0 saturated carbocycles. The van der Waals surface area contributed by atoms with Gasteiger partial charge < -0.3 is 5.73 Å². The van der Waals surface area contributed by atoms with Crippen molar-refractivity contribution < 1.29 is 13.2 Å². The molecular formula is C12H11ClN4O3S. The number of hydrogen-bond donors (Lipinski definition) is 2. The summed E-state index contributed by atoms with van der Waals surface area (Å²) in [7, 11) is -3.91. The van der Waals surface area contributed by atoms with Crippen molar-refractivity contribution in [3.8, 4) is 0 Å². The normalized spacial score (nSPS) is 11.1. The van der Waals surface area contributed by atoms with Crippen molar-refractivity contribution >= 4 is 33.3 Å². The Labute approximate surface area is 126 Å². The van der Waals surface area contributed by atoms with Crippen LogP contribution in [0.5, 0.6) is 0 Å². The van der Waals surface area contributed by atoms with Gasteiger partial charge in [0.05, 0.1) is 4.90 Å². The molecule has 1 heterocycles. The number of rotatable bonds is 4. The van der Waals surface area contributed by atoms with Crippen LogP contribution in [0.1, 0.15) is 15.9 Å². The molecule has 2 rings (SSSR count). The number of aromatic nitrogens is 2. The molecule has 110 valence electrons. The van der Waals surface area contributed by atoms with Crippen molar-refractivity contribution in [1.82, 2.24) is 9.97 Å². The summed E-state index contributed by atoms with van der Waals surface area (Å²) in [5.41, 5.74) is 5.93. The van der Waals surface area contributed by atoms with Crippen LogP contribution >= 0.6 is 11.6 Å². The van der Waals surface area contributed by atoms with Gasteiger partial charge in [0.1, 0.15) is 5.82 Å². The molecule has 3 N–H and O–H groups in total. The number of nitrogens with one attached hydrogen (secondary N) is 1. The molecule has 0 radical (unpaired) electrons. The van der Waals surface area contributed by atoms with Crippen molar-refractivity contribution in [1.29, 1.82) is 0 Å². The number of aryl methyl sites for hydroxylation is 1. The van der Waals surface area contributed by atoms with Gasteiger partial charge in [0.25, 0.3) is 10.0 Å². The van der Waals surface area contributed by atoms with E-state index in [-0.39, 0.29) is 21.6 Å². The Morgan fingerprint density at radius 3 is 2.67 bits per heavy atom. The van der Waals surface area contributed by atoms with Gasteiger partial charge in [0.2, 0.25) is 11.2 Å². The first-order valence-corrected chi connectivity index (χ1v) is 7.57. The maximum atomic E-state index is 12.2. The largest absolute Gasteiger partial charge is 0.366 e. The minimum Gasteiger partial charge on any atom is -0.366 e. The Bertz CT molecular complexity index is 808. The van der Waals surface area contributed by atoms with Crippen LogP contribution in [0.4, 0.5) is 5.82 Å². The summed E-state index contributed by atoms with van der Waals surface area (Å²) in [4.78, 5) is 18.6. The standard InChI is InChI=1S/C12H11ClN4O3S/c1-7-2-3-8(6-9(7)11(14)18)21(19,20)17-10-4-5-15-12(13)16-10/h2-6H,1H3,(H2,14,18)(H,15,16,17). The maximum Gasteiger partial charge on any atom is 0.263 e. The van der Waals surface area contributed by atoms with E-state index in [0.29, 0.717) is 5.56 Å². The number of primary amides is 1. The van der Waals surface area contributed by atoms with E-state index in [9.17, 15) is 13.2 Å². The quantitative estimate of drug-likeness (QED) is 0.822. The Hall–Kier alpha value is -2.19. The Morgan fingerprint density at radius 1 is 1.33 bits per heavy atom. The highest BCUT2D eigenvalue weighted by Crippen LogP contribution is 2.18. The number of carbonyl (C=O) groups excluding carboxylic acids is 1. The van der Waals surface area contributed by atoms with Gasteiger partial charge >= 0.3 is 0 Å². The molecule has 0 aliphatic carbocycles. The summed E-state index contributed by atoms with van der Waals surface area (Å²) in [6.07, 6.45) is 1.32. The molecule has 1 aromatic heterocycles. The van der Waals surface area contributed by atoms with E-state index in [4.69, 9.17) is 17.3 Å². The molecule has 0 saturated heterocycles. The van der Waals surface area contributed by atoms with Gasteiger partial charge in [-0.3, -0.25) is 9.52 Å². The number of carbonyl (C=O) groups is 1. The molecule has 2 aromatic rings. The van der Waals surface area contributed by atoms with Crippen LogP contribution in [0.25, 0.3) is 0 Å². The van der Waals surface area contributed by atoms with E-state index in [1.165, 1.54) is 30.5 Å². The van der Waals surface area contributed by atoms with Crippen LogP contribution in [-0.4, -0.2) is 24.3 Å². The van der Waals surface area contributed by atoms with Crippen molar-refractivity contribution in [2.45, 2.75) is 11.8 Å². The van der Waals surface area contributed by atoms with Crippen LogP contribution in [-0.2, 0) is 10.0 Å². The highest BCUT2D eigenvalue weighted by molar-refractivity contribution is 7.92. The van der Waals surface area contributed by atoms with Crippen molar-refractivity contribution in [3.05, 3.63) is 46.9 Å². The summed E-state index contributed by atoms with van der Waals surface area (Å²) >= 11 is 5.59. The predicted molar refractivity (Wildman–Crippen MR) is 77.5 cm³/mol. The number of halogens is 1. The van der Waals surface area contributed by atoms with Gasteiger partial charge in [-0.25, -0.2) is 13.4 Å². The average molecular weight is 327 g/mol. The molecule has 1 amide bonds. The first kappa shape index (κ1) is 15.2. The van der Waals surface area contributed by atoms with E-state index >= 15 is 0 Å². The van der Waals surface area contributed by atoms with Crippen molar-refractivity contribution in [2.24, 2.45) is 5.73 Å². The molecular weight excluding hydrogens is 316 g/mol. The number of amides is 1. The molecule has 7 nitrogen and oxygen atoms in total. The molecule has 0 unspecified atom stereocenters. The molecule has 0 bridgehead atoms. The fraction of sp³-hybridized carbons (Fsp3) is 0.0833.